The molecule has 0 aliphatic heterocycles. The van der Waals surface area contributed by atoms with Gasteiger partial charge >= 0.3 is 0 Å². The van der Waals surface area contributed by atoms with E-state index in [-0.39, 0.29) is 0 Å². The van der Waals surface area contributed by atoms with Crippen LogP contribution in [0.3, 0.4) is 0 Å². The molecule has 10 fully saturated rings. The van der Waals surface area contributed by atoms with Crippen molar-refractivity contribution in [2.75, 3.05) is 0 Å². The van der Waals surface area contributed by atoms with Gasteiger partial charge in [-0.15, -0.1) is 0 Å². The second kappa shape index (κ2) is 1.70. The van der Waals surface area contributed by atoms with Crippen molar-refractivity contribution in [1.29, 1.82) is 0 Å². The number of rotatable bonds is 0. The van der Waals surface area contributed by atoms with Gasteiger partial charge in [-0.2, -0.15) is 0 Å². The van der Waals surface area contributed by atoms with Crippen molar-refractivity contribution in [1.82, 2.24) is 0 Å². The smallest absolute Gasteiger partial charge is 0.0173 e. The van der Waals surface area contributed by atoms with Gasteiger partial charge in [0.05, 0.1) is 0 Å². The standard InChI is InChI=1S/C17H20/c1-5-2-8-7(1)11-12(8)14-13(11)15-9-3-6-4-10(9)16(14)17(5,6)15/h5-16H,1-4H2. The largest absolute Gasteiger partial charge is 0.0465 e. The van der Waals surface area contributed by atoms with Crippen LogP contribution in [0.2, 0.25) is 0 Å². The Balaban J connectivity index is 1.56. The first kappa shape index (κ1) is 7.56. The van der Waals surface area contributed by atoms with Gasteiger partial charge in [-0.1, -0.05) is 0 Å². The molecule has 0 radical (unpaired) electrons. The minimum atomic E-state index is 0.998. The average molecular weight is 224 g/mol. The van der Waals surface area contributed by atoms with Gasteiger partial charge in [-0.25, -0.2) is 0 Å². The van der Waals surface area contributed by atoms with E-state index in [1.807, 2.05) is 0 Å². The van der Waals surface area contributed by atoms with Crippen molar-refractivity contribution in [3.63, 3.8) is 0 Å². The maximum atomic E-state index is 1.72. The lowest BCUT2D eigenvalue weighted by atomic mass is 9.35. The molecule has 1 spiro atoms. The summed E-state index contributed by atoms with van der Waals surface area (Å²) in [6.45, 7) is 0. The van der Waals surface area contributed by atoms with Crippen LogP contribution in [0.25, 0.3) is 0 Å². The zero-order chi connectivity index (χ0) is 10.3. The third-order valence-corrected chi connectivity index (χ3v) is 10.4. The molecule has 0 aromatic carbocycles. The Morgan fingerprint density at radius 1 is 0.529 bits per heavy atom. The summed E-state index contributed by atoms with van der Waals surface area (Å²) < 4.78 is 0. The van der Waals surface area contributed by atoms with Crippen molar-refractivity contribution >= 4 is 0 Å². The summed E-state index contributed by atoms with van der Waals surface area (Å²) in [5.74, 6) is 15.4. The van der Waals surface area contributed by atoms with E-state index in [2.05, 4.69) is 0 Å². The lowest BCUT2D eigenvalue weighted by Gasteiger charge is -2.69. The Hall–Kier alpha value is 0. The highest BCUT2D eigenvalue weighted by Gasteiger charge is 2.92. The molecule has 0 heterocycles. The van der Waals surface area contributed by atoms with Crippen LogP contribution in [0.4, 0.5) is 0 Å². The molecule has 10 saturated carbocycles. The average Bonchev–Trinajstić information content (AvgIpc) is 2.94. The zero-order valence-corrected chi connectivity index (χ0v) is 10.3. The molecule has 10 aliphatic carbocycles. The molecule has 0 N–H and O–H groups in total. The van der Waals surface area contributed by atoms with E-state index in [9.17, 15) is 0 Å². The normalized spacial score (nSPS) is 93.2. The Bertz CT molecular complexity index is 466. The predicted octanol–water partition coefficient (Wildman–Crippen LogP) is 3.04. The molecule has 10 atom stereocenters. The highest BCUT2D eigenvalue weighted by atomic mass is 15.0. The summed E-state index contributed by atoms with van der Waals surface area (Å²) in [7, 11) is 0. The molecule has 0 heteroatoms. The van der Waals surface area contributed by atoms with Crippen LogP contribution in [0.5, 0.6) is 0 Å². The van der Waals surface area contributed by atoms with Crippen LogP contribution in [0.15, 0.2) is 0 Å². The Morgan fingerprint density at radius 2 is 1.00 bits per heavy atom. The first-order valence-corrected chi connectivity index (χ1v) is 8.42. The molecule has 0 nitrogen and oxygen atoms in total. The molecule has 10 unspecified atom stereocenters. The summed E-state index contributed by atoms with van der Waals surface area (Å²) in [6.07, 6.45) is 6.85. The van der Waals surface area contributed by atoms with Gasteiger partial charge in [0.1, 0.15) is 0 Å². The SMILES string of the molecule is C1C2C3CC1C14C5CC6C(C5)C1C1C3C2C1C64. The van der Waals surface area contributed by atoms with Crippen LogP contribution in [0.1, 0.15) is 25.7 Å². The van der Waals surface area contributed by atoms with Crippen LogP contribution in [-0.4, -0.2) is 0 Å². The van der Waals surface area contributed by atoms with Crippen molar-refractivity contribution in [2.45, 2.75) is 25.7 Å². The topological polar surface area (TPSA) is 0 Å². The second-order valence-electron chi connectivity index (χ2n) is 9.35. The lowest BCUT2D eigenvalue weighted by molar-refractivity contribution is -0.225. The van der Waals surface area contributed by atoms with Gasteiger partial charge in [0.25, 0.3) is 0 Å². The maximum absolute atomic E-state index is 1.72. The van der Waals surface area contributed by atoms with Gasteiger partial charge in [0.2, 0.25) is 0 Å². The number of hydrogen-bond acceptors (Lipinski definition) is 0. The van der Waals surface area contributed by atoms with Crippen LogP contribution in [0, 0.1) is 76.4 Å². The van der Waals surface area contributed by atoms with Crippen molar-refractivity contribution < 1.29 is 0 Å². The molecule has 0 aromatic heterocycles. The van der Waals surface area contributed by atoms with Gasteiger partial charge in [0.15, 0.2) is 0 Å². The molecular formula is C17H20. The van der Waals surface area contributed by atoms with Crippen LogP contribution < -0.4 is 0 Å². The lowest BCUT2D eigenvalue weighted by Crippen LogP contribution is -2.66. The Labute approximate surface area is 103 Å². The van der Waals surface area contributed by atoms with E-state index in [1.54, 1.807) is 25.7 Å². The van der Waals surface area contributed by atoms with E-state index in [4.69, 9.17) is 0 Å². The zero-order valence-electron chi connectivity index (χ0n) is 10.3. The third kappa shape index (κ3) is 0.405. The van der Waals surface area contributed by atoms with Gasteiger partial charge in [0, 0.05) is 0 Å². The van der Waals surface area contributed by atoms with Crippen LogP contribution >= 0.6 is 0 Å². The fourth-order valence-electron chi connectivity index (χ4n) is 11.2. The molecule has 10 aliphatic rings. The van der Waals surface area contributed by atoms with Crippen LogP contribution in [-0.2, 0) is 0 Å². The first-order valence-electron chi connectivity index (χ1n) is 8.42. The monoisotopic (exact) mass is 224 g/mol. The Kier molecular flexibility index (Phi) is 0.756. The highest BCUT2D eigenvalue weighted by Crippen LogP contribution is 2.96. The van der Waals surface area contributed by atoms with E-state index in [0.29, 0.717) is 0 Å². The molecule has 11 bridgehead atoms. The Morgan fingerprint density at radius 3 is 1.53 bits per heavy atom. The van der Waals surface area contributed by atoms with E-state index < -0.39 is 0 Å². The molecule has 88 valence electrons. The van der Waals surface area contributed by atoms with E-state index in [1.165, 1.54) is 71.0 Å². The molecule has 0 amide bonds. The highest BCUT2D eigenvalue weighted by molar-refractivity contribution is 5.39. The molecule has 10 rings (SSSR count). The van der Waals surface area contributed by atoms with E-state index >= 15 is 0 Å². The third-order valence-electron chi connectivity index (χ3n) is 10.4. The van der Waals surface area contributed by atoms with Crippen molar-refractivity contribution in [2.24, 2.45) is 76.4 Å². The molecule has 17 heavy (non-hydrogen) atoms. The molecular weight excluding hydrogens is 204 g/mol. The molecule has 0 aromatic rings. The fraction of sp³-hybridized carbons (Fsp3) is 1.00. The van der Waals surface area contributed by atoms with Crippen molar-refractivity contribution in [3.05, 3.63) is 0 Å². The van der Waals surface area contributed by atoms with Gasteiger partial charge < -0.3 is 0 Å². The van der Waals surface area contributed by atoms with Crippen molar-refractivity contribution in [3.8, 4) is 0 Å². The summed E-state index contributed by atoms with van der Waals surface area (Å²) in [5, 5.41) is 0. The summed E-state index contributed by atoms with van der Waals surface area (Å²) in [5.41, 5.74) is 0.998. The van der Waals surface area contributed by atoms with E-state index in [0.717, 1.165) is 5.41 Å². The van der Waals surface area contributed by atoms with Gasteiger partial charge in [-0.05, 0) is 102 Å². The predicted molar refractivity (Wildman–Crippen MR) is 62.8 cm³/mol. The fourth-order valence-corrected chi connectivity index (χ4v) is 11.2. The molecule has 0 saturated heterocycles. The first-order chi connectivity index (χ1) is 8.42. The quantitative estimate of drug-likeness (QED) is 0.593. The minimum Gasteiger partial charge on any atom is -0.0465 e. The maximum Gasteiger partial charge on any atom is -0.0173 e. The number of hydrogen-bond donors (Lipinski definition) is 0. The van der Waals surface area contributed by atoms with Gasteiger partial charge in [-0.3, -0.25) is 0 Å². The second-order valence-corrected chi connectivity index (χ2v) is 9.35. The summed E-state index contributed by atoms with van der Waals surface area (Å²) in [6, 6.07) is 0. The summed E-state index contributed by atoms with van der Waals surface area (Å²) >= 11 is 0. The summed E-state index contributed by atoms with van der Waals surface area (Å²) in [4.78, 5) is 0. The minimum absolute atomic E-state index is 0.998.